The highest BCUT2D eigenvalue weighted by atomic mass is 32.1. The molecule has 0 aromatic carbocycles. The highest BCUT2D eigenvalue weighted by Crippen LogP contribution is 2.18. The normalized spacial score (nSPS) is 9.21. The Morgan fingerprint density at radius 2 is 2.57 bits per heavy atom. The Bertz CT molecular complexity index is 368. The van der Waals surface area contributed by atoms with Crippen molar-refractivity contribution >= 4 is 28.5 Å². The molecule has 0 spiro atoms. The van der Waals surface area contributed by atoms with Crippen LogP contribution in [0, 0.1) is 0 Å². The summed E-state index contributed by atoms with van der Waals surface area (Å²) in [5.41, 5.74) is 0.558. The number of carbonyl (C=O) groups is 1. The number of isocyanates is 1. The fraction of sp³-hybridized carbons (Fsp3) is 0.375. The fourth-order valence-corrected chi connectivity index (χ4v) is 1.47. The summed E-state index contributed by atoms with van der Waals surface area (Å²) >= 11 is 1.19. The number of aliphatic imine (C=N–C) groups is 1. The van der Waals surface area contributed by atoms with Gasteiger partial charge in [-0.2, -0.15) is 0 Å². The lowest BCUT2D eigenvalue weighted by Gasteiger charge is -1.97. The number of thiazole rings is 1. The summed E-state index contributed by atoms with van der Waals surface area (Å²) in [4.78, 5) is 28.1. The number of nitrogens with zero attached hydrogens (tertiary/aromatic N) is 2. The summed E-state index contributed by atoms with van der Waals surface area (Å²) in [6.07, 6.45) is 1.49. The average molecular weight is 212 g/mol. The minimum atomic E-state index is -0.334. The second-order valence-electron chi connectivity index (χ2n) is 2.31. The number of hydrogen-bond donors (Lipinski definition) is 0. The number of esters is 1. The summed E-state index contributed by atoms with van der Waals surface area (Å²) in [6.45, 7) is 2.09. The molecule has 0 bridgehead atoms. The van der Waals surface area contributed by atoms with E-state index in [9.17, 15) is 9.59 Å². The Hall–Kier alpha value is -1.52. The molecule has 0 saturated carbocycles. The van der Waals surface area contributed by atoms with Crippen molar-refractivity contribution in [3.63, 3.8) is 0 Å². The van der Waals surface area contributed by atoms with Crippen molar-refractivity contribution < 1.29 is 14.3 Å². The first-order valence-corrected chi connectivity index (χ1v) is 4.82. The van der Waals surface area contributed by atoms with Gasteiger partial charge >= 0.3 is 5.97 Å². The molecule has 0 radical (unpaired) electrons. The summed E-state index contributed by atoms with van der Waals surface area (Å²) < 4.78 is 4.73. The van der Waals surface area contributed by atoms with Gasteiger partial charge in [0.2, 0.25) is 11.2 Å². The lowest BCUT2D eigenvalue weighted by Crippen LogP contribution is -2.07. The largest absolute Gasteiger partial charge is 0.466 e. The molecule has 5 nitrogen and oxygen atoms in total. The molecule has 1 aromatic heterocycles. The van der Waals surface area contributed by atoms with Crippen molar-refractivity contribution in [3.8, 4) is 0 Å². The van der Waals surface area contributed by atoms with Crippen LogP contribution >= 0.6 is 11.3 Å². The minimum absolute atomic E-state index is 0.110. The van der Waals surface area contributed by atoms with Crippen LogP contribution in [0.5, 0.6) is 0 Å². The lowest BCUT2D eigenvalue weighted by atomic mass is 10.3. The van der Waals surface area contributed by atoms with Crippen LogP contribution in [-0.4, -0.2) is 23.6 Å². The van der Waals surface area contributed by atoms with Gasteiger partial charge in [0.05, 0.1) is 18.7 Å². The Balaban J connectivity index is 2.59. The van der Waals surface area contributed by atoms with Crippen LogP contribution in [0.4, 0.5) is 5.13 Å². The zero-order valence-electron chi connectivity index (χ0n) is 7.52. The summed E-state index contributed by atoms with van der Waals surface area (Å²) in [5.74, 6) is -0.334. The molecule has 74 valence electrons. The van der Waals surface area contributed by atoms with Gasteiger partial charge in [-0.25, -0.2) is 9.78 Å². The van der Waals surface area contributed by atoms with Gasteiger partial charge in [0, 0.05) is 5.38 Å². The molecule has 1 rings (SSSR count). The third kappa shape index (κ3) is 3.08. The van der Waals surface area contributed by atoms with Gasteiger partial charge in [0.1, 0.15) is 0 Å². The molecule has 6 heteroatoms. The van der Waals surface area contributed by atoms with E-state index in [0.717, 1.165) is 0 Å². The Kier molecular flexibility index (Phi) is 3.97. The number of hydrogen-bond acceptors (Lipinski definition) is 6. The maximum atomic E-state index is 11.0. The molecule has 0 atom stereocenters. The number of carbonyl (C=O) groups excluding carboxylic acids is 2. The maximum absolute atomic E-state index is 11.0. The lowest BCUT2D eigenvalue weighted by molar-refractivity contribution is -0.142. The van der Waals surface area contributed by atoms with Gasteiger partial charge in [-0.15, -0.1) is 16.3 Å². The standard InChI is InChI=1S/C8H8N2O3S/c1-2-13-7(12)3-6-4-14-8(10-6)9-5-11/h4H,2-3H2,1H3. The van der Waals surface area contributed by atoms with Crippen molar-refractivity contribution in [1.82, 2.24) is 4.98 Å². The van der Waals surface area contributed by atoms with E-state index in [-0.39, 0.29) is 12.4 Å². The molecule has 0 fully saturated rings. The smallest absolute Gasteiger partial charge is 0.311 e. The van der Waals surface area contributed by atoms with Crippen molar-refractivity contribution in [2.24, 2.45) is 4.99 Å². The van der Waals surface area contributed by atoms with Gasteiger partial charge in [-0.1, -0.05) is 0 Å². The number of rotatable bonds is 4. The van der Waals surface area contributed by atoms with Crippen molar-refractivity contribution in [2.75, 3.05) is 6.61 Å². The van der Waals surface area contributed by atoms with Gasteiger partial charge in [-0.05, 0) is 6.92 Å². The molecule has 0 aliphatic carbocycles. The van der Waals surface area contributed by atoms with E-state index in [1.54, 1.807) is 12.3 Å². The van der Waals surface area contributed by atoms with Crippen LogP contribution in [0.15, 0.2) is 10.4 Å². The molecular weight excluding hydrogens is 204 g/mol. The van der Waals surface area contributed by atoms with E-state index >= 15 is 0 Å². The van der Waals surface area contributed by atoms with E-state index < -0.39 is 0 Å². The first kappa shape index (κ1) is 10.6. The maximum Gasteiger partial charge on any atom is 0.311 e. The topological polar surface area (TPSA) is 68.6 Å². The third-order valence-electron chi connectivity index (χ3n) is 1.31. The van der Waals surface area contributed by atoms with Crippen molar-refractivity contribution in [2.45, 2.75) is 13.3 Å². The van der Waals surface area contributed by atoms with Crippen LogP contribution in [0.2, 0.25) is 0 Å². The summed E-state index contributed by atoms with van der Waals surface area (Å²) in [7, 11) is 0. The fourth-order valence-electron chi connectivity index (χ4n) is 0.828. The zero-order valence-corrected chi connectivity index (χ0v) is 8.34. The predicted molar refractivity (Wildman–Crippen MR) is 50.2 cm³/mol. The highest BCUT2D eigenvalue weighted by molar-refractivity contribution is 7.13. The molecule has 0 amide bonds. The van der Waals surface area contributed by atoms with Crippen LogP contribution < -0.4 is 0 Å². The van der Waals surface area contributed by atoms with Crippen LogP contribution in [0.3, 0.4) is 0 Å². The molecule has 0 N–H and O–H groups in total. The Labute approximate surface area is 84.4 Å². The predicted octanol–water partition coefficient (Wildman–Crippen LogP) is 1.22. The molecular formula is C8H8N2O3S. The first-order chi connectivity index (χ1) is 6.76. The quantitative estimate of drug-likeness (QED) is 0.427. The van der Waals surface area contributed by atoms with Gasteiger partial charge in [0.25, 0.3) is 0 Å². The molecule has 0 saturated heterocycles. The van der Waals surface area contributed by atoms with Crippen LogP contribution in [0.1, 0.15) is 12.6 Å². The second-order valence-corrected chi connectivity index (χ2v) is 3.14. The zero-order chi connectivity index (χ0) is 10.4. The van der Waals surface area contributed by atoms with Crippen LogP contribution in [0.25, 0.3) is 0 Å². The molecule has 14 heavy (non-hydrogen) atoms. The average Bonchev–Trinajstić information content (AvgIpc) is 2.53. The minimum Gasteiger partial charge on any atom is -0.466 e. The second kappa shape index (κ2) is 5.26. The van der Waals surface area contributed by atoms with Gasteiger partial charge < -0.3 is 4.74 Å². The molecule has 0 unspecified atom stereocenters. The van der Waals surface area contributed by atoms with Gasteiger partial charge in [0.15, 0.2) is 0 Å². The Morgan fingerprint density at radius 3 is 3.21 bits per heavy atom. The van der Waals surface area contributed by atoms with E-state index in [4.69, 9.17) is 4.74 Å². The van der Waals surface area contributed by atoms with E-state index in [0.29, 0.717) is 17.4 Å². The molecule has 0 aliphatic heterocycles. The number of aromatic nitrogens is 1. The monoisotopic (exact) mass is 212 g/mol. The number of ether oxygens (including phenoxy) is 1. The molecule has 1 heterocycles. The highest BCUT2D eigenvalue weighted by Gasteiger charge is 2.07. The van der Waals surface area contributed by atoms with E-state index in [2.05, 4.69) is 9.98 Å². The molecule has 1 aromatic rings. The molecule has 0 aliphatic rings. The van der Waals surface area contributed by atoms with E-state index in [1.165, 1.54) is 17.4 Å². The first-order valence-electron chi connectivity index (χ1n) is 3.94. The van der Waals surface area contributed by atoms with Gasteiger partial charge in [-0.3, -0.25) is 4.79 Å². The Morgan fingerprint density at radius 1 is 1.79 bits per heavy atom. The van der Waals surface area contributed by atoms with Crippen molar-refractivity contribution in [3.05, 3.63) is 11.1 Å². The van der Waals surface area contributed by atoms with Crippen LogP contribution in [-0.2, 0) is 20.7 Å². The van der Waals surface area contributed by atoms with Crippen molar-refractivity contribution in [1.29, 1.82) is 0 Å². The van der Waals surface area contributed by atoms with E-state index in [1.807, 2.05) is 0 Å². The summed E-state index contributed by atoms with van der Waals surface area (Å²) in [6, 6.07) is 0. The SMILES string of the molecule is CCOC(=O)Cc1csc(N=C=O)n1. The summed E-state index contributed by atoms with van der Waals surface area (Å²) in [5, 5.41) is 1.96. The third-order valence-corrected chi connectivity index (χ3v) is 2.10.